The molecule has 0 bridgehead atoms. The summed E-state index contributed by atoms with van der Waals surface area (Å²) in [6.07, 6.45) is 11.0. The van der Waals surface area contributed by atoms with E-state index in [1.165, 1.54) is 38.5 Å². The molecule has 20 heavy (non-hydrogen) atoms. The van der Waals surface area contributed by atoms with Crippen molar-refractivity contribution in [2.24, 2.45) is 0 Å². The van der Waals surface area contributed by atoms with Crippen LogP contribution >= 0.6 is 0 Å². The maximum atomic E-state index is 6.70. The predicted molar refractivity (Wildman–Crippen MR) is 83.1 cm³/mol. The third-order valence-electron chi connectivity index (χ3n) is 4.78. The number of nitrogens with one attached hydrogen (secondary N) is 1. The topological polar surface area (TPSA) is 30.5 Å². The van der Waals surface area contributed by atoms with Gasteiger partial charge in [-0.15, -0.1) is 0 Å². The molecule has 3 nitrogen and oxygen atoms in total. The summed E-state index contributed by atoms with van der Waals surface area (Å²) in [7, 11) is 0. The normalized spacial score (nSPS) is 34.6. The first-order valence-electron chi connectivity index (χ1n) is 8.67. The van der Waals surface area contributed by atoms with Crippen LogP contribution in [0.1, 0.15) is 72.1 Å². The lowest BCUT2D eigenvalue weighted by Crippen LogP contribution is -2.47. The summed E-state index contributed by atoms with van der Waals surface area (Å²) in [5.41, 5.74) is 0.0773. The maximum Gasteiger partial charge on any atom is 0.0810 e. The highest BCUT2D eigenvalue weighted by molar-refractivity contribution is 4.88. The highest BCUT2D eigenvalue weighted by Crippen LogP contribution is 2.34. The zero-order valence-electron chi connectivity index (χ0n) is 13.6. The molecule has 2 rings (SSSR count). The molecule has 0 aromatic carbocycles. The summed E-state index contributed by atoms with van der Waals surface area (Å²) in [6.45, 7) is 8.59. The van der Waals surface area contributed by atoms with Gasteiger partial charge in [0.2, 0.25) is 0 Å². The van der Waals surface area contributed by atoms with Gasteiger partial charge in [-0.05, 0) is 46.1 Å². The molecule has 2 atom stereocenters. The Bertz CT molecular complexity index is 264. The molecule has 3 heteroatoms. The summed E-state index contributed by atoms with van der Waals surface area (Å²) in [6, 6.07) is 0. The Hall–Kier alpha value is -0.120. The van der Waals surface area contributed by atoms with Crippen molar-refractivity contribution in [2.45, 2.75) is 96.1 Å². The summed E-state index contributed by atoms with van der Waals surface area (Å²) in [5.74, 6) is 0. The monoisotopic (exact) mass is 283 g/mol. The van der Waals surface area contributed by atoms with E-state index in [0.717, 1.165) is 25.9 Å². The van der Waals surface area contributed by atoms with Crippen LogP contribution in [0.2, 0.25) is 0 Å². The molecule has 0 aromatic heterocycles. The van der Waals surface area contributed by atoms with Gasteiger partial charge >= 0.3 is 0 Å². The number of rotatable bonds is 5. The van der Waals surface area contributed by atoms with E-state index in [0.29, 0.717) is 18.3 Å². The van der Waals surface area contributed by atoms with Gasteiger partial charge in [0.1, 0.15) is 0 Å². The maximum absolute atomic E-state index is 6.70. The number of ether oxygens (including phenoxy) is 2. The second kappa shape index (κ2) is 7.77. The van der Waals surface area contributed by atoms with Crippen LogP contribution in [-0.4, -0.2) is 37.0 Å². The van der Waals surface area contributed by atoms with Crippen molar-refractivity contribution in [3.8, 4) is 0 Å². The van der Waals surface area contributed by atoms with Crippen LogP contribution in [0.4, 0.5) is 0 Å². The number of hydrogen-bond donors (Lipinski definition) is 1. The Morgan fingerprint density at radius 1 is 1.05 bits per heavy atom. The molecule has 0 spiro atoms. The third kappa shape index (κ3) is 4.71. The van der Waals surface area contributed by atoms with Crippen molar-refractivity contribution in [1.29, 1.82) is 0 Å². The van der Waals surface area contributed by atoms with Crippen molar-refractivity contribution in [1.82, 2.24) is 5.32 Å². The van der Waals surface area contributed by atoms with Crippen LogP contribution in [0.5, 0.6) is 0 Å². The van der Waals surface area contributed by atoms with Gasteiger partial charge in [0.25, 0.3) is 0 Å². The van der Waals surface area contributed by atoms with Crippen molar-refractivity contribution >= 4 is 0 Å². The highest BCUT2D eigenvalue weighted by atomic mass is 16.5. The fraction of sp³-hybridized carbons (Fsp3) is 1.00. The quantitative estimate of drug-likeness (QED) is 0.781. The minimum Gasteiger partial charge on any atom is -0.375 e. The van der Waals surface area contributed by atoms with E-state index in [-0.39, 0.29) is 5.60 Å². The molecule has 2 unspecified atom stereocenters. The van der Waals surface area contributed by atoms with Crippen LogP contribution in [0.3, 0.4) is 0 Å². The number of hydrogen-bond acceptors (Lipinski definition) is 3. The Balaban J connectivity index is 1.98. The minimum absolute atomic E-state index is 0.0773. The summed E-state index contributed by atoms with van der Waals surface area (Å²) in [5, 5.41) is 3.54. The van der Waals surface area contributed by atoms with Crippen LogP contribution in [0, 0.1) is 0 Å². The molecule has 1 N–H and O–H groups in total. The molecule has 1 aliphatic carbocycles. The molecule has 1 aliphatic heterocycles. The van der Waals surface area contributed by atoms with E-state index < -0.39 is 0 Å². The zero-order valence-corrected chi connectivity index (χ0v) is 13.6. The first kappa shape index (κ1) is 16.3. The summed E-state index contributed by atoms with van der Waals surface area (Å²) in [4.78, 5) is 0. The highest BCUT2D eigenvalue weighted by Gasteiger charge is 2.36. The predicted octanol–water partition coefficient (Wildman–Crippen LogP) is 3.66. The minimum atomic E-state index is 0.0773. The standard InChI is InChI=1S/C17H33NO2/c1-4-18-13-17(9-7-5-6-8-10-17)20-16-11-14(2)19-15(3)12-16/h14-16,18H,4-13H2,1-3H3. The molecule has 2 aliphatic rings. The van der Waals surface area contributed by atoms with Gasteiger partial charge in [0.15, 0.2) is 0 Å². The fourth-order valence-corrected chi connectivity index (χ4v) is 3.86. The van der Waals surface area contributed by atoms with Crippen molar-refractivity contribution in [3.63, 3.8) is 0 Å². The van der Waals surface area contributed by atoms with Gasteiger partial charge in [-0.2, -0.15) is 0 Å². The summed E-state index contributed by atoms with van der Waals surface area (Å²) >= 11 is 0. The van der Waals surface area contributed by atoms with Crippen LogP contribution < -0.4 is 5.32 Å². The molecule has 118 valence electrons. The van der Waals surface area contributed by atoms with Crippen molar-refractivity contribution in [3.05, 3.63) is 0 Å². The van der Waals surface area contributed by atoms with Gasteiger partial charge in [0, 0.05) is 6.54 Å². The molecule has 1 saturated heterocycles. The first-order chi connectivity index (χ1) is 9.63. The Morgan fingerprint density at radius 3 is 2.20 bits per heavy atom. The molecular weight excluding hydrogens is 250 g/mol. The van der Waals surface area contributed by atoms with Gasteiger partial charge in [-0.3, -0.25) is 0 Å². The van der Waals surface area contributed by atoms with Crippen molar-refractivity contribution in [2.75, 3.05) is 13.1 Å². The summed E-state index contributed by atoms with van der Waals surface area (Å²) < 4.78 is 12.5. The molecular formula is C17H33NO2. The Labute approximate surface area is 124 Å². The smallest absolute Gasteiger partial charge is 0.0810 e. The van der Waals surface area contributed by atoms with Crippen LogP contribution in [-0.2, 0) is 9.47 Å². The molecule has 0 aromatic rings. The van der Waals surface area contributed by atoms with E-state index in [1.807, 2.05) is 0 Å². The lowest BCUT2D eigenvalue weighted by atomic mass is 9.92. The second-order valence-electron chi connectivity index (χ2n) is 6.85. The lowest BCUT2D eigenvalue weighted by Gasteiger charge is -2.41. The second-order valence-corrected chi connectivity index (χ2v) is 6.85. The van der Waals surface area contributed by atoms with Crippen LogP contribution in [0.25, 0.3) is 0 Å². The fourth-order valence-electron chi connectivity index (χ4n) is 3.86. The SMILES string of the molecule is CCNCC1(OC2CC(C)OC(C)C2)CCCCCC1. The van der Waals surface area contributed by atoms with Crippen molar-refractivity contribution < 1.29 is 9.47 Å². The van der Waals surface area contributed by atoms with E-state index in [9.17, 15) is 0 Å². The lowest BCUT2D eigenvalue weighted by molar-refractivity contribution is -0.161. The molecule has 2 fully saturated rings. The van der Waals surface area contributed by atoms with Gasteiger partial charge in [0.05, 0.1) is 23.9 Å². The van der Waals surface area contributed by atoms with E-state index in [2.05, 4.69) is 26.1 Å². The largest absolute Gasteiger partial charge is 0.375 e. The molecule has 0 amide bonds. The molecule has 0 radical (unpaired) electrons. The zero-order chi connectivity index (χ0) is 14.4. The van der Waals surface area contributed by atoms with Gasteiger partial charge < -0.3 is 14.8 Å². The first-order valence-corrected chi connectivity index (χ1v) is 8.67. The van der Waals surface area contributed by atoms with E-state index >= 15 is 0 Å². The van der Waals surface area contributed by atoms with Gasteiger partial charge in [-0.25, -0.2) is 0 Å². The van der Waals surface area contributed by atoms with Gasteiger partial charge in [-0.1, -0.05) is 32.6 Å². The Morgan fingerprint density at radius 2 is 1.65 bits per heavy atom. The third-order valence-corrected chi connectivity index (χ3v) is 4.78. The molecule has 1 heterocycles. The molecule has 1 saturated carbocycles. The Kier molecular flexibility index (Phi) is 6.31. The van der Waals surface area contributed by atoms with E-state index in [4.69, 9.17) is 9.47 Å². The van der Waals surface area contributed by atoms with E-state index in [1.54, 1.807) is 0 Å². The number of likely N-dealkylation sites (N-methyl/N-ethyl adjacent to an activating group) is 1. The average Bonchev–Trinajstić information content (AvgIpc) is 2.61. The van der Waals surface area contributed by atoms with Crippen LogP contribution in [0.15, 0.2) is 0 Å². The average molecular weight is 283 g/mol.